The van der Waals surface area contributed by atoms with E-state index in [-0.39, 0.29) is 11.5 Å². The third kappa shape index (κ3) is 8.99. The highest BCUT2D eigenvalue weighted by Crippen LogP contribution is 2.05. The first-order valence-corrected chi connectivity index (χ1v) is 6.25. The molecule has 0 aliphatic rings. The van der Waals surface area contributed by atoms with Gasteiger partial charge in [0, 0.05) is 11.1 Å². The van der Waals surface area contributed by atoms with Crippen molar-refractivity contribution >= 4 is 18.0 Å². The molecule has 112 valence electrons. The van der Waals surface area contributed by atoms with Crippen molar-refractivity contribution in [3.05, 3.63) is 66.3 Å². The molecule has 0 aliphatic carbocycles. The molecule has 0 heterocycles. The van der Waals surface area contributed by atoms with Gasteiger partial charge in [-0.25, -0.2) is 9.59 Å². The predicted molar refractivity (Wildman–Crippen MR) is 83.7 cm³/mol. The van der Waals surface area contributed by atoms with Gasteiger partial charge in [-0.15, -0.1) is 0 Å². The van der Waals surface area contributed by atoms with Gasteiger partial charge in [0.25, 0.3) is 0 Å². The highest BCUT2D eigenvalue weighted by molar-refractivity contribution is 5.86. The molecular formula is C17H20O4. The largest absolute Gasteiger partial charge is 0.478 e. The Bertz CT molecular complexity index is 527. The Morgan fingerprint density at radius 2 is 1.81 bits per heavy atom. The number of hydrogen-bond acceptors (Lipinski definition) is 3. The Kier molecular flexibility index (Phi) is 8.93. The Labute approximate surface area is 125 Å². The maximum atomic E-state index is 10.4. The van der Waals surface area contributed by atoms with Gasteiger partial charge in [0.2, 0.25) is 0 Å². The number of allylic oxidation sites excluding steroid dienone is 1. The lowest BCUT2D eigenvalue weighted by Crippen LogP contribution is -1.98. The van der Waals surface area contributed by atoms with Gasteiger partial charge in [0.15, 0.2) is 0 Å². The molecule has 0 radical (unpaired) electrons. The van der Waals surface area contributed by atoms with Crippen LogP contribution in [0.3, 0.4) is 0 Å². The monoisotopic (exact) mass is 288 g/mol. The number of esters is 1. The second-order valence-corrected chi connectivity index (χ2v) is 4.20. The van der Waals surface area contributed by atoms with E-state index in [1.807, 2.05) is 36.4 Å². The van der Waals surface area contributed by atoms with Crippen molar-refractivity contribution in [1.29, 1.82) is 0 Å². The van der Waals surface area contributed by atoms with Crippen LogP contribution in [-0.2, 0) is 14.3 Å². The van der Waals surface area contributed by atoms with Crippen molar-refractivity contribution in [2.75, 3.05) is 7.11 Å². The van der Waals surface area contributed by atoms with Crippen LogP contribution in [0, 0.1) is 0 Å². The molecule has 4 nitrogen and oxygen atoms in total. The number of carboxylic acid groups (broad SMARTS) is 1. The summed E-state index contributed by atoms with van der Waals surface area (Å²) in [5.41, 5.74) is 1.70. The smallest absolute Gasteiger partial charge is 0.332 e. The van der Waals surface area contributed by atoms with Crippen LogP contribution >= 0.6 is 0 Å². The minimum atomic E-state index is -0.942. The number of benzene rings is 1. The summed E-state index contributed by atoms with van der Waals surface area (Å²) in [5, 5.41) is 8.55. The molecule has 0 spiro atoms. The lowest BCUT2D eigenvalue weighted by Gasteiger charge is -1.93. The number of methoxy groups -OCH3 is 1. The summed E-state index contributed by atoms with van der Waals surface area (Å²) in [4.78, 5) is 20.6. The molecule has 0 saturated heterocycles. The van der Waals surface area contributed by atoms with Crippen LogP contribution < -0.4 is 0 Å². The first-order valence-electron chi connectivity index (χ1n) is 6.25. The molecule has 1 N–H and O–H groups in total. The van der Waals surface area contributed by atoms with Crippen molar-refractivity contribution < 1.29 is 19.4 Å². The minimum absolute atomic E-state index is 0.206. The Morgan fingerprint density at radius 3 is 2.19 bits per heavy atom. The number of carboxylic acids is 1. The number of rotatable bonds is 5. The van der Waals surface area contributed by atoms with Crippen molar-refractivity contribution in [3.8, 4) is 0 Å². The van der Waals surface area contributed by atoms with Crippen LogP contribution in [0.15, 0.2) is 60.7 Å². The zero-order valence-electron chi connectivity index (χ0n) is 12.3. The van der Waals surface area contributed by atoms with Crippen molar-refractivity contribution in [2.24, 2.45) is 0 Å². The summed E-state index contributed by atoms with van der Waals surface area (Å²) in [7, 11) is 1.33. The van der Waals surface area contributed by atoms with Crippen LogP contribution in [0.1, 0.15) is 18.9 Å². The van der Waals surface area contributed by atoms with Crippen molar-refractivity contribution in [2.45, 2.75) is 13.3 Å². The molecule has 0 saturated carbocycles. The zero-order valence-corrected chi connectivity index (χ0v) is 12.3. The van der Waals surface area contributed by atoms with Crippen LogP contribution in [0.5, 0.6) is 0 Å². The average molecular weight is 288 g/mol. The Hall–Kier alpha value is -2.62. The summed E-state index contributed by atoms with van der Waals surface area (Å²) >= 11 is 0. The zero-order chi connectivity index (χ0) is 16.3. The number of ether oxygens (including phenoxy) is 1. The number of aliphatic carboxylic acids is 1. The summed E-state index contributed by atoms with van der Waals surface area (Å²) in [6, 6.07) is 9.73. The van der Waals surface area contributed by atoms with E-state index in [0.717, 1.165) is 5.56 Å². The SMILES string of the molecule is C=C(C)C(=O)OC.C=C(CC=Cc1ccccc1)C(=O)O. The topological polar surface area (TPSA) is 63.6 Å². The lowest BCUT2D eigenvalue weighted by atomic mass is 10.1. The van der Waals surface area contributed by atoms with Gasteiger partial charge >= 0.3 is 11.9 Å². The van der Waals surface area contributed by atoms with E-state index in [1.54, 1.807) is 13.0 Å². The Balaban J connectivity index is 0.000000486. The van der Waals surface area contributed by atoms with Crippen LogP contribution in [0.25, 0.3) is 6.08 Å². The molecule has 1 aromatic carbocycles. The fraction of sp³-hybridized carbons (Fsp3) is 0.176. The first kappa shape index (κ1) is 18.4. The van der Waals surface area contributed by atoms with E-state index in [0.29, 0.717) is 12.0 Å². The molecule has 0 fully saturated rings. The minimum Gasteiger partial charge on any atom is -0.478 e. The normalized spacial score (nSPS) is 9.43. The molecule has 1 rings (SSSR count). The van der Waals surface area contributed by atoms with E-state index in [9.17, 15) is 9.59 Å². The van der Waals surface area contributed by atoms with Crippen LogP contribution in [0.2, 0.25) is 0 Å². The van der Waals surface area contributed by atoms with Gasteiger partial charge < -0.3 is 9.84 Å². The van der Waals surface area contributed by atoms with E-state index in [4.69, 9.17) is 5.11 Å². The molecule has 0 atom stereocenters. The second kappa shape index (κ2) is 10.2. The summed E-state index contributed by atoms with van der Waals surface area (Å²) in [5.74, 6) is -1.29. The second-order valence-electron chi connectivity index (χ2n) is 4.20. The average Bonchev–Trinajstić information content (AvgIpc) is 2.47. The van der Waals surface area contributed by atoms with Gasteiger partial charge in [0.1, 0.15) is 0 Å². The predicted octanol–water partition coefficient (Wildman–Crippen LogP) is 3.47. The lowest BCUT2D eigenvalue weighted by molar-refractivity contribution is -0.136. The van der Waals surface area contributed by atoms with Crippen molar-refractivity contribution in [1.82, 2.24) is 0 Å². The van der Waals surface area contributed by atoms with E-state index >= 15 is 0 Å². The molecule has 0 unspecified atom stereocenters. The summed E-state index contributed by atoms with van der Waals surface area (Å²) < 4.78 is 4.27. The highest BCUT2D eigenvalue weighted by Gasteiger charge is 1.99. The molecule has 21 heavy (non-hydrogen) atoms. The van der Waals surface area contributed by atoms with Gasteiger partial charge in [-0.05, 0) is 18.9 Å². The molecule has 0 bridgehead atoms. The standard InChI is InChI=1S/C12H12O2.C5H8O2/c1-10(12(13)14)6-5-9-11-7-3-2-4-8-11;1-4(2)5(6)7-3/h2-5,7-9H,1,6H2,(H,13,14);1H2,2-3H3. The molecule has 0 aromatic heterocycles. The summed E-state index contributed by atoms with van der Waals surface area (Å²) in [6.07, 6.45) is 4.06. The van der Waals surface area contributed by atoms with Crippen LogP contribution in [0.4, 0.5) is 0 Å². The van der Waals surface area contributed by atoms with Gasteiger partial charge in [-0.2, -0.15) is 0 Å². The first-order chi connectivity index (χ1) is 9.88. The molecule has 0 amide bonds. The van der Waals surface area contributed by atoms with Gasteiger partial charge in [-0.1, -0.05) is 55.6 Å². The number of carbonyl (C=O) groups is 2. The van der Waals surface area contributed by atoms with Crippen molar-refractivity contribution in [3.63, 3.8) is 0 Å². The van der Waals surface area contributed by atoms with E-state index < -0.39 is 5.97 Å². The van der Waals surface area contributed by atoms with E-state index in [2.05, 4.69) is 17.9 Å². The molecular weight excluding hydrogens is 268 g/mol. The maximum absolute atomic E-state index is 10.4. The summed E-state index contributed by atoms with van der Waals surface area (Å²) in [6.45, 7) is 8.39. The van der Waals surface area contributed by atoms with Crippen LogP contribution in [-0.4, -0.2) is 24.2 Å². The Morgan fingerprint density at radius 1 is 1.24 bits per heavy atom. The fourth-order valence-corrected chi connectivity index (χ4v) is 1.16. The quantitative estimate of drug-likeness (QED) is 0.665. The van der Waals surface area contributed by atoms with Gasteiger partial charge in [-0.3, -0.25) is 0 Å². The third-order valence-corrected chi connectivity index (χ3v) is 2.31. The fourth-order valence-electron chi connectivity index (χ4n) is 1.16. The maximum Gasteiger partial charge on any atom is 0.332 e. The molecule has 1 aromatic rings. The third-order valence-electron chi connectivity index (χ3n) is 2.31. The number of hydrogen-bond donors (Lipinski definition) is 1. The van der Waals surface area contributed by atoms with E-state index in [1.165, 1.54) is 7.11 Å². The molecule has 0 aliphatic heterocycles. The van der Waals surface area contributed by atoms with Gasteiger partial charge in [0.05, 0.1) is 7.11 Å². The highest BCUT2D eigenvalue weighted by atomic mass is 16.5. The number of carbonyl (C=O) groups excluding carboxylic acids is 1. The molecule has 4 heteroatoms.